The Morgan fingerprint density at radius 1 is 1.04 bits per heavy atom. The Hall–Kier alpha value is -2.53. The number of ketones is 1. The Balaban J connectivity index is 1.86. The van der Waals surface area contributed by atoms with Gasteiger partial charge in [0.15, 0.2) is 19.0 Å². The van der Waals surface area contributed by atoms with Gasteiger partial charge in [-0.05, 0) is 49.2 Å². The normalized spacial score (nSPS) is 10.2. The molecule has 0 spiro atoms. The summed E-state index contributed by atoms with van der Waals surface area (Å²) < 4.78 is 15.4. The molecule has 25 heavy (non-hydrogen) atoms. The van der Waals surface area contributed by atoms with Gasteiger partial charge in [-0.15, -0.1) is 0 Å². The molecule has 0 unspecified atom stereocenters. The molecular weight excluding hydrogens is 344 g/mol. The zero-order valence-corrected chi connectivity index (χ0v) is 15.1. The van der Waals surface area contributed by atoms with Crippen LogP contribution in [-0.4, -0.2) is 32.1 Å². The number of carbonyl (C=O) groups excluding carboxylic acids is 2. The minimum atomic E-state index is -0.617. The Morgan fingerprint density at radius 2 is 1.80 bits per heavy atom. The van der Waals surface area contributed by atoms with Crippen molar-refractivity contribution in [3.63, 3.8) is 0 Å². The average Bonchev–Trinajstić information content (AvgIpc) is 2.60. The number of rotatable bonds is 7. The minimum absolute atomic E-state index is 0.263. The summed E-state index contributed by atoms with van der Waals surface area (Å²) in [6, 6.07) is 10.2. The van der Waals surface area contributed by atoms with E-state index in [2.05, 4.69) is 0 Å². The number of esters is 1. The maximum absolute atomic E-state index is 12.1. The molecule has 0 aliphatic rings. The van der Waals surface area contributed by atoms with Crippen LogP contribution in [0.15, 0.2) is 36.4 Å². The zero-order valence-electron chi connectivity index (χ0n) is 14.3. The van der Waals surface area contributed by atoms with Crippen LogP contribution in [0.1, 0.15) is 21.5 Å². The third-order valence-electron chi connectivity index (χ3n) is 3.74. The molecule has 0 aliphatic carbocycles. The summed E-state index contributed by atoms with van der Waals surface area (Å²) >= 11 is 5.98. The topological polar surface area (TPSA) is 61.8 Å². The van der Waals surface area contributed by atoms with Crippen LogP contribution in [0.2, 0.25) is 5.02 Å². The summed E-state index contributed by atoms with van der Waals surface area (Å²) in [5.74, 6) is 0.112. The molecule has 0 bridgehead atoms. The van der Waals surface area contributed by atoms with E-state index in [9.17, 15) is 9.59 Å². The molecule has 0 radical (unpaired) electrons. The van der Waals surface area contributed by atoms with Crippen molar-refractivity contribution >= 4 is 23.4 Å². The summed E-state index contributed by atoms with van der Waals surface area (Å²) in [6.45, 7) is 3.23. The Labute approximate surface area is 151 Å². The summed E-state index contributed by atoms with van der Waals surface area (Å²) in [6.07, 6.45) is 0. The predicted octanol–water partition coefficient (Wildman–Crippen LogP) is 3.77. The molecule has 0 heterocycles. The molecule has 2 rings (SSSR count). The van der Waals surface area contributed by atoms with Crippen molar-refractivity contribution in [3.05, 3.63) is 58.1 Å². The third-order valence-corrected chi connectivity index (χ3v) is 4.03. The lowest BCUT2D eigenvalue weighted by atomic mass is 10.1. The molecular formula is C19H19ClO5. The first kappa shape index (κ1) is 18.8. The van der Waals surface area contributed by atoms with Crippen molar-refractivity contribution in [2.45, 2.75) is 13.8 Å². The number of carbonyl (C=O) groups is 2. The van der Waals surface area contributed by atoms with Crippen LogP contribution in [0.3, 0.4) is 0 Å². The van der Waals surface area contributed by atoms with Gasteiger partial charge in [0.25, 0.3) is 0 Å². The van der Waals surface area contributed by atoms with Gasteiger partial charge in [-0.1, -0.05) is 23.7 Å². The van der Waals surface area contributed by atoms with E-state index in [1.54, 1.807) is 18.2 Å². The molecule has 0 atom stereocenters. The molecule has 5 nitrogen and oxygen atoms in total. The number of benzene rings is 2. The minimum Gasteiger partial charge on any atom is -0.495 e. The van der Waals surface area contributed by atoms with E-state index >= 15 is 0 Å². The van der Waals surface area contributed by atoms with Gasteiger partial charge in [0.2, 0.25) is 0 Å². The number of Topliss-reactive ketones (excluding diaryl/α,β-unsaturated/α-hetero) is 1. The highest BCUT2D eigenvalue weighted by Crippen LogP contribution is 2.25. The van der Waals surface area contributed by atoms with Crippen molar-refractivity contribution < 1.29 is 23.8 Å². The molecule has 6 heteroatoms. The quantitative estimate of drug-likeness (QED) is 0.554. The van der Waals surface area contributed by atoms with Crippen LogP contribution in [-0.2, 0) is 9.53 Å². The average molecular weight is 363 g/mol. The van der Waals surface area contributed by atoms with Gasteiger partial charge < -0.3 is 14.2 Å². The molecule has 132 valence electrons. The largest absolute Gasteiger partial charge is 0.495 e. The standard InChI is InChI=1S/C19H19ClO5/c1-12-5-4-6-17(13(12)2)24-11-19(22)25-10-16(21)14-7-8-18(23-3)15(20)9-14/h4-9H,10-11H2,1-3H3. The van der Waals surface area contributed by atoms with Gasteiger partial charge in [-0.25, -0.2) is 4.79 Å². The Morgan fingerprint density at radius 3 is 2.48 bits per heavy atom. The van der Waals surface area contributed by atoms with Crippen LogP contribution in [0, 0.1) is 13.8 Å². The van der Waals surface area contributed by atoms with E-state index in [-0.39, 0.29) is 19.0 Å². The number of ether oxygens (including phenoxy) is 3. The monoisotopic (exact) mass is 362 g/mol. The second-order valence-electron chi connectivity index (χ2n) is 5.42. The molecule has 0 N–H and O–H groups in total. The van der Waals surface area contributed by atoms with Crippen molar-refractivity contribution in [2.24, 2.45) is 0 Å². The first-order valence-electron chi connectivity index (χ1n) is 7.63. The molecule has 0 saturated heterocycles. The fraction of sp³-hybridized carbons (Fsp3) is 0.263. The lowest BCUT2D eigenvalue weighted by Crippen LogP contribution is -2.19. The molecule has 0 aromatic heterocycles. The van der Waals surface area contributed by atoms with E-state index in [1.165, 1.54) is 13.2 Å². The first-order valence-corrected chi connectivity index (χ1v) is 8.01. The first-order chi connectivity index (χ1) is 11.9. The fourth-order valence-electron chi connectivity index (χ4n) is 2.13. The summed E-state index contributed by atoms with van der Waals surface area (Å²) in [5.41, 5.74) is 2.37. The highest BCUT2D eigenvalue weighted by atomic mass is 35.5. The SMILES string of the molecule is COc1ccc(C(=O)COC(=O)COc2cccc(C)c2C)cc1Cl. The van der Waals surface area contributed by atoms with Crippen molar-refractivity contribution in [1.29, 1.82) is 0 Å². The van der Waals surface area contributed by atoms with E-state index < -0.39 is 5.97 Å². The maximum Gasteiger partial charge on any atom is 0.344 e. The lowest BCUT2D eigenvalue weighted by molar-refractivity contribution is -0.144. The molecule has 0 fully saturated rings. The van der Waals surface area contributed by atoms with Gasteiger partial charge in [0.1, 0.15) is 11.5 Å². The Kier molecular flexibility index (Phi) is 6.42. The summed E-state index contributed by atoms with van der Waals surface area (Å²) in [7, 11) is 1.49. The lowest BCUT2D eigenvalue weighted by Gasteiger charge is -2.10. The fourth-order valence-corrected chi connectivity index (χ4v) is 2.39. The predicted molar refractivity (Wildman–Crippen MR) is 94.7 cm³/mol. The van der Waals surface area contributed by atoms with Crippen LogP contribution in [0.25, 0.3) is 0 Å². The second-order valence-corrected chi connectivity index (χ2v) is 5.83. The zero-order chi connectivity index (χ0) is 18.4. The third kappa shape index (κ3) is 4.97. The number of methoxy groups -OCH3 is 1. The van der Waals surface area contributed by atoms with E-state index in [0.29, 0.717) is 22.1 Å². The van der Waals surface area contributed by atoms with Gasteiger partial charge in [-0.2, -0.15) is 0 Å². The van der Waals surface area contributed by atoms with Crippen LogP contribution < -0.4 is 9.47 Å². The van der Waals surface area contributed by atoms with Gasteiger partial charge >= 0.3 is 5.97 Å². The highest BCUT2D eigenvalue weighted by molar-refractivity contribution is 6.32. The van der Waals surface area contributed by atoms with Crippen LogP contribution in [0.4, 0.5) is 0 Å². The van der Waals surface area contributed by atoms with Crippen LogP contribution in [0.5, 0.6) is 11.5 Å². The van der Waals surface area contributed by atoms with Gasteiger partial charge in [-0.3, -0.25) is 4.79 Å². The smallest absolute Gasteiger partial charge is 0.344 e. The van der Waals surface area contributed by atoms with Gasteiger partial charge in [0.05, 0.1) is 12.1 Å². The maximum atomic E-state index is 12.1. The van der Waals surface area contributed by atoms with E-state index in [1.807, 2.05) is 26.0 Å². The van der Waals surface area contributed by atoms with Crippen molar-refractivity contribution in [1.82, 2.24) is 0 Å². The van der Waals surface area contributed by atoms with Crippen molar-refractivity contribution in [2.75, 3.05) is 20.3 Å². The highest BCUT2D eigenvalue weighted by Gasteiger charge is 2.13. The number of aryl methyl sites for hydroxylation is 1. The molecule has 0 aliphatic heterocycles. The van der Waals surface area contributed by atoms with E-state index in [4.69, 9.17) is 25.8 Å². The number of hydrogen-bond donors (Lipinski definition) is 0. The molecule has 2 aromatic carbocycles. The number of hydrogen-bond acceptors (Lipinski definition) is 5. The van der Waals surface area contributed by atoms with Crippen molar-refractivity contribution in [3.8, 4) is 11.5 Å². The Bertz CT molecular complexity index is 785. The van der Waals surface area contributed by atoms with Crippen LogP contribution >= 0.6 is 11.6 Å². The van der Waals surface area contributed by atoms with Gasteiger partial charge in [0, 0.05) is 5.56 Å². The summed E-state index contributed by atoms with van der Waals surface area (Å²) in [4.78, 5) is 23.8. The van der Waals surface area contributed by atoms with E-state index in [0.717, 1.165) is 11.1 Å². The second kappa shape index (κ2) is 8.53. The number of halogens is 1. The molecule has 0 saturated carbocycles. The molecule has 0 amide bonds. The molecule has 2 aromatic rings. The summed E-state index contributed by atoms with van der Waals surface area (Å²) in [5, 5.41) is 0.318.